The summed E-state index contributed by atoms with van der Waals surface area (Å²) in [6.45, 7) is -0.224. The average Bonchev–Trinajstić information content (AvgIpc) is 2.07. The lowest BCUT2D eigenvalue weighted by Gasteiger charge is -1.96. The van der Waals surface area contributed by atoms with E-state index in [1.54, 1.807) is 24.2 Å². The van der Waals surface area contributed by atoms with Gasteiger partial charge in [0.1, 0.15) is 0 Å². The molecule has 0 N–H and O–H groups in total. The van der Waals surface area contributed by atoms with Crippen LogP contribution in [-0.2, 0) is 0 Å². The van der Waals surface area contributed by atoms with Crippen molar-refractivity contribution in [3.05, 3.63) is 24.5 Å². The van der Waals surface area contributed by atoms with Crippen LogP contribution >= 0.6 is 11.8 Å². The molecule has 1 rings (SSSR count). The van der Waals surface area contributed by atoms with E-state index in [2.05, 4.69) is 4.98 Å². The fourth-order valence-corrected chi connectivity index (χ4v) is 1.48. The molecule has 0 radical (unpaired) electrons. The number of nitrogens with zero attached hydrogens (tertiary/aromatic N) is 1. The first kappa shape index (κ1) is 8.53. The molecule has 0 fully saturated rings. The summed E-state index contributed by atoms with van der Waals surface area (Å²) in [7, 11) is 0. The summed E-state index contributed by atoms with van der Waals surface area (Å²) in [5.74, 6) is 0.848. The maximum absolute atomic E-state index is 11.7. The van der Waals surface area contributed by atoms with Gasteiger partial charge in [-0.3, -0.25) is 9.37 Å². The maximum atomic E-state index is 11.7. The number of pyridine rings is 1. The van der Waals surface area contributed by atoms with Gasteiger partial charge in [-0.2, -0.15) is 0 Å². The molecular formula is C8H10FNS. The van der Waals surface area contributed by atoms with Crippen molar-refractivity contribution in [1.82, 2.24) is 4.98 Å². The van der Waals surface area contributed by atoms with Crippen molar-refractivity contribution >= 4 is 11.8 Å². The molecule has 0 atom stereocenters. The summed E-state index contributed by atoms with van der Waals surface area (Å²) in [5, 5.41) is 0. The Morgan fingerprint density at radius 2 is 2.09 bits per heavy atom. The van der Waals surface area contributed by atoms with E-state index in [-0.39, 0.29) is 6.67 Å². The number of aromatic nitrogens is 1. The lowest BCUT2D eigenvalue weighted by Crippen LogP contribution is -1.81. The fourth-order valence-electron chi connectivity index (χ4n) is 0.679. The SMILES string of the molecule is FCCCSc1ccncc1. The highest BCUT2D eigenvalue weighted by Crippen LogP contribution is 2.16. The molecule has 1 nitrogen and oxygen atoms in total. The van der Waals surface area contributed by atoms with Gasteiger partial charge in [-0.05, 0) is 18.6 Å². The van der Waals surface area contributed by atoms with Crippen LogP contribution in [0.5, 0.6) is 0 Å². The van der Waals surface area contributed by atoms with Gasteiger partial charge in [-0.15, -0.1) is 11.8 Å². The number of rotatable bonds is 4. The molecule has 0 aliphatic rings. The summed E-state index contributed by atoms with van der Waals surface area (Å²) in [4.78, 5) is 5.05. The topological polar surface area (TPSA) is 12.9 Å². The average molecular weight is 171 g/mol. The van der Waals surface area contributed by atoms with E-state index in [9.17, 15) is 4.39 Å². The molecule has 0 saturated heterocycles. The molecule has 0 aliphatic carbocycles. The van der Waals surface area contributed by atoms with Crippen molar-refractivity contribution < 1.29 is 4.39 Å². The Kier molecular flexibility index (Phi) is 3.98. The number of alkyl halides is 1. The molecule has 0 aliphatic heterocycles. The molecule has 0 spiro atoms. The van der Waals surface area contributed by atoms with Gasteiger partial charge in [0.2, 0.25) is 0 Å². The molecule has 0 unspecified atom stereocenters. The van der Waals surface area contributed by atoms with E-state index in [0.717, 1.165) is 10.6 Å². The number of thioether (sulfide) groups is 1. The zero-order chi connectivity index (χ0) is 7.94. The molecule has 0 bridgehead atoms. The summed E-state index contributed by atoms with van der Waals surface area (Å²) in [6, 6.07) is 3.87. The van der Waals surface area contributed by atoms with Crippen LogP contribution in [0.25, 0.3) is 0 Å². The van der Waals surface area contributed by atoms with E-state index < -0.39 is 0 Å². The highest BCUT2D eigenvalue weighted by Gasteiger charge is 1.91. The van der Waals surface area contributed by atoms with Crippen LogP contribution in [0.2, 0.25) is 0 Å². The van der Waals surface area contributed by atoms with Gasteiger partial charge in [0, 0.05) is 23.0 Å². The quantitative estimate of drug-likeness (QED) is 0.510. The van der Waals surface area contributed by atoms with Crippen molar-refractivity contribution in [2.75, 3.05) is 12.4 Å². The van der Waals surface area contributed by atoms with Gasteiger partial charge in [0.05, 0.1) is 6.67 Å². The summed E-state index contributed by atoms with van der Waals surface area (Å²) >= 11 is 1.66. The smallest absolute Gasteiger partial charge is 0.0902 e. The minimum atomic E-state index is -0.224. The molecular weight excluding hydrogens is 161 g/mol. The Morgan fingerprint density at radius 3 is 2.73 bits per heavy atom. The van der Waals surface area contributed by atoms with Crippen molar-refractivity contribution in [3.63, 3.8) is 0 Å². The molecule has 0 saturated carbocycles. The summed E-state index contributed by atoms with van der Waals surface area (Å²) in [5.41, 5.74) is 0. The predicted molar refractivity (Wildman–Crippen MR) is 45.6 cm³/mol. The highest BCUT2D eigenvalue weighted by atomic mass is 32.2. The third-order valence-electron chi connectivity index (χ3n) is 1.20. The van der Waals surface area contributed by atoms with Gasteiger partial charge in [0.25, 0.3) is 0 Å². The summed E-state index contributed by atoms with van der Waals surface area (Å²) < 4.78 is 11.7. The summed E-state index contributed by atoms with van der Waals surface area (Å²) in [6.07, 6.45) is 4.13. The molecule has 60 valence electrons. The molecule has 3 heteroatoms. The van der Waals surface area contributed by atoms with Gasteiger partial charge in [-0.25, -0.2) is 0 Å². The second-order valence-electron chi connectivity index (χ2n) is 2.07. The van der Waals surface area contributed by atoms with Gasteiger partial charge in [0.15, 0.2) is 0 Å². The maximum Gasteiger partial charge on any atom is 0.0902 e. The van der Waals surface area contributed by atoms with E-state index in [4.69, 9.17) is 0 Å². The number of halogens is 1. The molecule has 11 heavy (non-hydrogen) atoms. The lowest BCUT2D eigenvalue weighted by molar-refractivity contribution is 0.489. The molecule has 0 amide bonds. The van der Waals surface area contributed by atoms with Crippen molar-refractivity contribution in [1.29, 1.82) is 0 Å². The highest BCUT2D eigenvalue weighted by molar-refractivity contribution is 7.99. The second-order valence-corrected chi connectivity index (χ2v) is 3.24. The second kappa shape index (κ2) is 5.13. The van der Waals surface area contributed by atoms with Crippen molar-refractivity contribution in [2.24, 2.45) is 0 Å². The van der Waals surface area contributed by atoms with Crippen LogP contribution < -0.4 is 0 Å². The van der Waals surface area contributed by atoms with Gasteiger partial charge < -0.3 is 0 Å². The van der Waals surface area contributed by atoms with Crippen LogP contribution in [-0.4, -0.2) is 17.4 Å². The van der Waals surface area contributed by atoms with E-state index in [1.165, 1.54) is 0 Å². The van der Waals surface area contributed by atoms with Crippen molar-refractivity contribution in [3.8, 4) is 0 Å². The Morgan fingerprint density at radius 1 is 1.36 bits per heavy atom. The Hall–Kier alpha value is -0.570. The van der Waals surface area contributed by atoms with Crippen LogP contribution in [0, 0.1) is 0 Å². The third-order valence-corrected chi connectivity index (χ3v) is 2.29. The van der Waals surface area contributed by atoms with E-state index in [1.807, 2.05) is 12.1 Å². The van der Waals surface area contributed by atoms with Gasteiger partial charge >= 0.3 is 0 Å². The van der Waals surface area contributed by atoms with Crippen LogP contribution in [0.1, 0.15) is 6.42 Å². The standard InChI is InChI=1S/C8H10FNS/c9-4-1-7-11-8-2-5-10-6-3-8/h2-3,5-6H,1,4,7H2. The van der Waals surface area contributed by atoms with Crippen LogP contribution in [0.3, 0.4) is 0 Å². The zero-order valence-electron chi connectivity index (χ0n) is 6.16. The Labute approximate surface area is 70.0 Å². The Bertz CT molecular complexity index is 191. The first-order valence-corrected chi connectivity index (χ1v) is 4.51. The molecule has 1 aromatic rings. The zero-order valence-corrected chi connectivity index (χ0v) is 6.98. The lowest BCUT2D eigenvalue weighted by atomic mass is 10.5. The Balaban J connectivity index is 2.28. The fraction of sp³-hybridized carbons (Fsp3) is 0.375. The first-order chi connectivity index (χ1) is 5.43. The largest absolute Gasteiger partial charge is 0.265 e. The first-order valence-electron chi connectivity index (χ1n) is 3.52. The molecule has 0 aromatic carbocycles. The van der Waals surface area contributed by atoms with Crippen LogP contribution in [0.4, 0.5) is 4.39 Å². The number of hydrogen-bond acceptors (Lipinski definition) is 2. The normalized spacial score (nSPS) is 9.91. The molecule has 1 heterocycles. The minimum absolute atomic E-state index is 0.224. The number of hydrogen-bond donors (Lipinski definition) is 0. The van der Waals surface area contributed by atoms with Gasteiger partial charge in [-0.1, -0.05) is 0 Å². The monoisotopic (exact) mass is 171 g/mol. The predicted octanol–water partition coefficient (Wildman–Crippen LogP) is 2.53. The van der Waals surface area contributed by atoms with E-state index in [0.29, 0.717) is 6.42 Å². The van der Waals surface area contributed by atoms with Crippen LogP contribution in [0.15, 0.2) is 29.4 Å². The minimum Gasteiger partial charge on any atom is -0.265 e. The molecule has 1 aromatic heterocycles. The van der Waals surface area contributed by atoms with E-state index >= 15 is 0 Å². The van der Waals surface area contributed by atoms with Crippen molar-refractivity contribution in [2.45, 2.75) is 11.3 Å². The third kappa shape index (κ3) is 3.37.